The lowest BCUT2D eigenvalue weighted by atomic mass is 10.2. The predicted octanol–water partition coefficient (Wildman–Crippen LogP) is 0.432. The van der Waals surface area contributed by atoms with Crippen LogP contribution in [0.4, 0.5) is 0 Å². The summed E-state index contributed by atoms with van der Waals surface area (Å²) in [6.45, 7) is 0.201. The van der Waals surface area contributed by atoms with Crippen molar-refractivity contribution < 1.29 is 4.52 Å². The van der Waals surface area contributed by atoms with Crippen molar-refractivity contribution in [3.05, 3.63) is 40.6 Å². The predicted molar refractivity (Wildman–Crippen MR) is 63.5 cm³/mol. The maximum atomic E-state index is 11.1. The smallest absolute Gasteiger partial charge is 0.266 e. The number of fused-ring (bicyclic) bond motifs is 1. The molecule has 0 aliphatic heterocycles. The Kier molecular flexibility index (Phi) is 2.38. The van der Waals surface area contributed by atoms with E-state index >= 15 is 0 Å². The summed E-state index contributed by atoms with van der Waals surface area (Å²) < 4.78 is 4.94. The Morgan fingerprint density at radius 3 is 3.06 bits per heavy atom. The van der Waals surface area contributed by atoms with E-state index in [2.05, 4.69) is 20.1 Å². The van der Waals surface area contributed by atoms with Gasteiger partial charge in [0.25, 0.3) is 5.56 Å². The third-order valence-corrected chi connectivity index (χ3v) is 2.48. The Bertz CT molecular complexity index is 761. The largest absolute Gasteiger partial charge is 0.338 e. The molecule has 0 fully saturated rings. The molecule has 3 aromatic rings. The van der Waals surface area contributed by atoms with Gasteiger partial charge in [0.2, 0.25) is 11.7 Å². The molecule has 0 atom stereocenters. The fourth-order valence-corrected chi connectivity index (χ4v) is 1.63. The first-order valence-corrected chi connectivity index (χ1v) is 5.28. The summed E-state index contributed by atoms with van der Waals surface area (Å²) in [4.78, 5) is 22.0. The normalized spacial score (nSPS) is 10.9. The monoisotopic (exact) mass is 243 g/mol. The van der Waals surface area contributed by atoms with Crippen LogP contribution < -0.4 is 11.3 Å². The van der Waals surface area contributed by atoms with Crippen LogP contribution in [0, 0.1) is 0 Å². The van der Waals surface area contributed by atoms with E-state index in [0.717, 1.165) is 5.56 Å². The molecule has 90 valence electrons. The van der Waals surface area contributed by atoms with Gasteiger partial charge in [-0.2, -0.15) is 4.98 Å². The van der Waals surface area contributed by atoms with Gasteiger partial charge in [-0.25, -0.2) is 4.98 Å². The molecule has 0 aliphatic rings. The molecule has 0 saturated heterocycles. The topological polar surface area (TPSA) is 111 Å². The number of nitrogens with zero attached hydrogens (tertiary/aromatic N) is 3. The molecule has 2 aromatic heterocycles. The van der Waals surface area contributed by atoms with Crippen LogP contribution in [0.2, 0.25) is 0 Å². The molecule has 0 aliphatic carbocycles. The van der Waals surface area contributed by atoms with E-state index in [0.29, 0.717) is 22.7 Å². The van der Waals surface area contributed by atoms with Crippen LogP contribution in [-0.2, 0) is 6.54 Å². The van der Waals surface area contributed by atoms with E-state index in [9.17, 15) is 4.79 Å². The molecule has 0 spiro atoms. The Labute approximate surface area is 101 Å². The van der Waals surface area contributed by atoms with E-state index in [1.165, 1.54) is 6.20 Å². The highest BCUT2D eigenvalue weighted by Gasteiger charge is 2.08. The van der Waals surface area contributed by atoms with Crippen LogP contribution in [-0.4, -0.2) is 20.1 Å². The van der Waals surface area contributed by atoms with Crippen LogP contribution in [0.25, 0.3) is 22.4 Å². The van der Waals surface area contributed by atoms with Gasteiger partial charge in [0.15, 0.2) is 0 Å². The number of nitrogens with two attached hydrogens (primary N) is 1. The Morgan fingerprint density at radius 2 is 2.28 bits per heavy atom. The molecule has 3 rings (SSSR count). The zero-order valence-corrected chi connectivity index (χ0v) is 9.25. The highest BCUT2D eigenvalue weighted by atomic mass is 16.5. The number of rotatable bonds is 2. The highest BCUT2D eigenvalue weighted by molar-refractivity contribution is 5.79. The minimum atomic E-state index is -0.236. The first-order chi connectivity index (χ1) is 8.76. The van der Waals surface area contributed by atoms with Gasteiger partial charge in [0.1, 0.15) is 0 Å². The molecule has 18 heavy (non-hydrogen) atoms. The maximum absolute atomic E-state index is 11.1. The highest BCUT2D eigenvalue weighted by Crippen LogP contribution is 2.19. The van der Waals surface area contributed by atoms with Crippen LogP contribution in [0.1, 0.15) is 5.89 Å². The van der Waals surface area contributed by atoms with Gasteiger partial charge in [-0.05, 0) is 18.2 Å². The van der Waals surface area contributed by atoms with Crippen molar-refractivity contribution in [1.29, 1.82) is 0 Å². The Balaban J connectivity index is 2.13. The number of aromatic amines is 1. The summed E-state index contributed by atoms with van der Waals surface area (Å²) in [6.07, 6.45) is 1.23. The van der Waals surface area contributed by atoms with Gasteiger partial charge >= 0.3 is 0 Å². The second-order valence-corrected chi connectivity index (χ2v) is 3.70. The minimum absolute atomic E-state index is 0.201. The molecule has 1 aromatic carbocycles. The van der Waals surface area contributed by atoms with Crippen LogP contribution in [0.3, 0.4) is 0 Å². The zero-order chi connectivity index (χ0) is 12.5. The van der Waals surface area contributed by atoms with Crippen LogP contribution in [0.15, 0.2) is 33.7 Å². The van der Waals surface area contributed by atoms with E-state index in [1.807, 2.05) is 0 Å². The molecule has 0 bridgehead atoms. The van der Waals surface area contributed by atoms with Gasteiger partial charge in [-0.3, -0.25) is 4.79 Å². The summed E-state index contributed by atoms with van der Waals surface area (Å²) in [5, 5.41) is 3.82. The minimum Gasteiger partial charge on any atom is -0.338 e. The average molecular weight is 243 g/mol. The van der Waals surface area contributed by atoms with E-state index < -0.39 is 0 Å². The van der Waals surface area contributed by atoms with Crippen molar-refractivity contribution in [1.82, 2.24) is 20.1 Å². The molecule has 7 nitrogen and oxygen atoms in total. The lowest BCUT2D eigenvalue weighted by molar-refractivity contribution is 0.380. The average Bonchev–Trinajstić information content (AvgIpc) is 2.87. The van der Waals surface area contributed by atoms with Crippen molar-refractivity contribution in [3.8, 4) is 11.4 Å². The fourth-order valence-electron chi connectivity index (χ4n) is 1.63. The van der Waals surface area contributed by atoms with Gasteiger partial charge < -0.3 is 15.2 Å². The summed E-state index contributed by atoms with van der Waals surface area (Å²) in [5.41, 5.74) is 7.24. The van der Waals surface area contributed by atoms with Crippen molar-refractivity contribution in [2.45, 2.75) is 6.54 Å². The fraction of sp³-hybridized carbons (Fsp3) is 0.0909. The molecular weight excluding hydrogens is 234 g/mol. The Hall–Kier alpha value is -2.54. The molecule has 3 N–H and O–H groups in total. The lowest BCUT2D eigenvalue weighted by Crippen LogP contribution is -2.04. The third kappa shape index (κ3) is 1.76. The van der Waals surface area contributed by atoms with E-state index in [4.69, 9.17) is 10.3 Å². The molecule has 0 amide bonds. The number of aromatic nitrogens is 4. The van der Waals surface area contributed by atoms with Gasteiger partial charge in [0, 0.05) is 5.56 Å². The number of nitrogens with one attached hydrogen (secondary N) is 1. The van der Waals surface area contributed by atoms with Crippen molar-refractivity contribution in [2.75, 3.05) is 0 Å². The first kappa shape index (κ1) is 10.6. The molecule has 0 unspecified atom stereocenters. The van der Waals surface area contributed by atoms with Gasteiger partial charge in [0.05, 0.1) is 23.8 Å². The standard InChI is InChI=1S/C11H9N5O2/c12-4-10-15-11(16-18-10)6-1-2-7-8(3-6)13-5-9(17)14-7/h1-3,5H,4,12H2,(H,14,17). The number of H-pyrrole nitrogens is 1. The zero-order valence-electron chi connectivity index (χ0n) is 9.25. The van der Waals surface area contributed by atoms with E-state index in [1.54, 1.807) is 18.2 Å². The van der Waals surface area contributed by atoms with Gasteiger partial charge in [-0.15, -0.1) is 0 Å². The van der Waals surface area contributed by atoms with Crippen molar-refractivity contribution in [3.63, 3.8) is 0 Å². The SMILES string of the molecule is NCc1nc(-c2ccc3[nH]c(=O)cnc3c2)no1. The summed E-state index contributed by atoms with van der Waals surface area (Å²) >= 11 is 0. The summed E-state index contributed by atoms with van der Waals surface area (Å²) in [7, 11) is 0. The molecule has 2 heterocycles. The van der Waals surface area contributed by atoms with Crippen molar-refractivity contribution >= 4 is 11.0 Å². The molecular formula is C11H9N5O2. The van der Waals surface area contributed by atoms with Crippen molar-refractivity contribution in [2.24, 2.45) is 5.73 Å². The second-order valence-electron chi connectivity index (χ2n) is 3.70. The van der Waals surface area contributed by atoms with E-state index in [-0.39, 0.29) is 12.1 Å². The molecule has 0 radical (unpaired) electrons. The summed E-state index contributed by atoms with van der Waals surface area (Å²) in [5.74, 6) is 0.824. The Morgan fingerprint density at radius 1 is 1.39 bits per heavy atom. The van der Waals surface area contributed by atoms with Gasteiger partial charge in [-0.1, -0.05) is 5.16 Å². The first-order valence-electron chi connectivity index (χ1n) is 5.28. The summed E-state index contributed by atoms with van der Waals surface area (Å²) in [6, 6.07) is 5.30. The van der Waals surface area contributed by atoms with Crippen LogP contribution in [0.5, 0.6) is 0 Å². The number of benzene rings is 1. The van der Waals surface area contributed by atoms with Crippen LogP contribution >= 0.6 is 0 Å². The second kappa shape index (κ2) is 4.04. The lowest BCUT2D eigenvalue weighted by Gasteiger charge is -1.98. The molecule has 7 heteroatoms. The molecule has 0 saturated carbocycles. The number of hydrogen-bond acceptors (Lipinski definition) is 6. The number of hydrogen-bond donors (Lipinski definition) is 2. The maximum Gasteiger partial charge on any atom is 0.266 e. The quantitative estimate of drug-likeness (QED) is 0.675. The third-order valence-electron chi connectivity index (χ3n) is 2.48.